The quantitative estimate of drug-likeness (QED) is 0.571. The first kappa shape index (κ1) is 19.7. The van der Waals surface area contributed by atoms with Gasteiger partial charge in [0, 0.05) is 5.02 Å². The molecule has 1 atom stereocenters. The van der Waals surface area contributed by atoms with Crippen molar-refractivity contribution in [3.8, 4) is 0 Å². The zero-order chi connectivity index (χ0) is 19.3. The summed E-state index contributed by atoms with van der Waals surface area (Å²) in [4.78, 5) is 3.02. The fraction of sp³-hybridized carbons (Fsp3) is 0.176. The van der Waals surface area contributed by atoms with Crippen LogP contribution in [-0.2, 0) is 14.8 Å². The minimum atomic E-state index is -3.99. The van der Waals surface area contributed by atoms with Gasteiger partial charge in [0.15, 0.2) is 11.0 Å². The normalized spacial score (nSPS) is 13.5. The highest BCUT2D eigenvalue weighted by Gasteiger charge is 2.37. The number of halogens is 1. The Morgan fingerprint density at radius 2 is 1.77 bits per heavy atom. The lowest BCUT2D eigenvalue weighted by atomic mass is 10.1. The van der Waals surface area contributed by atoms with Crippen molar-refractivity contribution in [1.29, 1.82) is 5.39 Å². The Balaban J connectivity index is 2.52. The molecular weight excluding hydrogens is 378 g/mol. The predicted molar refractivity (Wildman–Crippen MR) is 97.4 cm³/mol. The van der Waals surface area contributed by atoms with Crippen LogP contribution >= 0.6 is 11.6 Å². The highest BCUT2D eigenvalue weighted by molar-refractivity contribution is 7.89. The number of rotatable bonds is 6. The molecule has 0 saturated heterocycles. The molecule has 9 heteroatoms. The molecule has 2 N–H and O–H groups in total. The molecule has 0 bridgehead atoms. The summed E-state index contributed by atoms with van der Waals surface area (Å²) in [6.45, 7) is 1.84. The molecule has 2 aromatic rings. The van der Waals surface area contributed by atoms with Crippen LogP contribution in [0, 0.1) is 12.3 Å². The van der Waals surface area contributed by atoms with Crippen LogP contribution in [-0.4, -0.2) is 20.6 Å². The Kier molecular flexibility index (Phi) is 6.21. The third-order valence-corrected chi connectivity index (χ3v) is 5.29. The number of benzene rings is 2. The fourth-order valence-electron chi connectivity index (χ4n) is 2.21. The highest BCUT2D eigenvalue weighted by atomic mass is 35.5. The number of methoxy groups -OCH3 is 1. The van der Waals surface area contributed by atoms with Gasteiger partial charge in [-0.2, -0.15) is 4.72 Å². The molecule has 0 saturated carbocycles. The van der Waals surface area contributed by atoms with Crippen LogP contribution in [0.4, 0.5) is 0 Å². The highest BCUT2D eigenvalue weighted by Crippen LogP contribution is 2.28. The molecule has 0 spiro atoms. The predicted octanol–water partition coefficient (Wildman–Crippen LogP) is 3.89. The van der Waals surface area contributed by atoms with Crippen LogP contribution in [0.3, 0.4) is 0 Å². The first-order chi connectivity index (χ1) is 12.3. The van der Waals surface area contributed by atoms with Crippen molar-refractivity contribution in [3.05, 3.63) is 81.3 Å². The van der Waals surface area contributed by atoms with Gasteiger partial charge in [-0.05, 0) is 36.8 Å². The summed E-state index contributed by atoms with van der Waals surface area (Å²) in [7, 11) is -2.83. The second-order valence-corrected chi connectivity index (χ2v) is 7.56. The number of hydrogen-bond acceptors (Lipinski definition) is 5. The van der Waals surface area contributed by atoms with E-state index >= 15 is 0 Å². The van der Waals surface area contributed by atoms with Crippen LogP contribution in [0.2, 0.25) is 5.02 Å². The van der Waals surface area contributed by atoms with Crippen LogP contribution in [0.1, 0.15) is 17.2 Å². The maximum absolute atomic E-state index is 12.7. The van der Waals surface area contributed by atoms with Gasteiger partial charge in [-0.25, -0.2) is 8.42 Å². The second kappa shape index (κ2) is 8.19. The van der Waals surface area contributed by atoms with E-state index in [9.17, 15) is 18.9 Å². The van der Waals surface area contributed by atoms with Gasteiger partial charge < -0.3 is 9.84 Å². The van der Waals surface area contributed by atoms with Crippen molar-refractivity contribution in [2.75, 3.05) is 7.11 Å². The molecule has 0 aliphatic rings. The summed E-state index contributed by atoms with van der Waals surface area (Å²) in [5, 5.41) is 19.6. The lowest BCUT2D eigenvalue weighted by Crippen LogP contribution is -2.30. The van der Waals surface area contributed by atoms with Gasteiger partial charge in [0.2, 0.25) is 15.4 Å². The number of aryl methyl sites for hydroxylation is 1. The topological polar surface area (TPSA) is 104 Å². The molecule has 0 amide bonds. The average molecular weight is 395 g/mol. The third-order valence-electron chi connectivity index (χ3n) is 3.60. The van der Waals surface area contributed by atoms with Gasteiger partial charge in [0.1, 0.15) is 0 Å². The molecule has 0 fully saturated rings. The number of hydrogen-bond donors (Lipinski definition) is 2. The van der Waals surface area contributed by atoms with Gasteiger partial charge in [-0.3, -0.25) is 0 Å². The van der Waals surface area contributed by atoms with Crippen molar-refractivity contribution >= 4 is 21.6 Å². The molecule has 0 aromatic heterocycles. The smallest absolute Gasteiger partial charge is 0.462 e. The van der Waals surface area contributed by atoms with E-state index in [1.165, 1.54) is 12.1 Å². The van der Waals surface area contributed by atoms with Crippen LogP contribution in [0.25, 0.3) is 4.98 Å². The number of ether oxygens (including phenoxy) is 1. The maximum Gasteiger partial charge on any atom is 0.462 e. The third kappa shape index (κ3) is 4.52. The molecule has 0 aliphatic carbocycles. The largest absolute Gasteiger partial charge is 0.475 e. The molecule has 0 heterocycles. The number of nitrogens with zero attached hydrogens (tertiary/aromatic N) is 2. The van der Waals surface area contributed by atoms with Crippen molar-refractivity contribution < 1.29 is 18.3 Å². The van der Waals surface area contributed by atoms with E-state index in [1.54, 1.807) is 36.4 Å². The molecular formula is C17H17ClN3O4S+. The zero-order valence-corrected chi connectivity index (χ0v) is 15.6. The zero-order valence-electron chi connectivity index (χ0n) is 14.0. The van der Waals surface area contributed by atoms with E-state index in [1.807, 2.05) is 6.92 Å². The van der Waals surface area contributed by atoms with Gasteiger partial charge in [0.25, 0.3) is 0 Å². The Labute approximate surface area is 156 Å². The molecule has 1 unspecified atom stereocenters. The Bertz CT molecular complexity index is 949. The standard InChI is InChI=1S/C17H16ClN3O4S/c1-11-3-9-14(10-4-11)26(23,24)21-15(16(20-19)17(22)25-2)12-5-7-13(18)8-6-12/h3-10,15,21H,1-2H3/p+1/b17-16-. The van der Waals surface area contributed by atoms with Crippen LogP contribution in [0.15, 0.2) is 65.1 Å². The Hall–Kier alpha value is -2.60. The molecule has 2 rings (SSSR count). The van der Waals surface area contributed by atoms with E-state index in [0.717, 1.165) is 12.7 Å². The molecule has 26 heavy (non-hydrogen) atoms. The van der Waals surface area contributed by atoms with Crippen LogP contribution in [0.5, 0.6) is 0 Å². The summed E-state index contributed by atoms with van der Waals surface area (Å²) < 4.78 is 32.5. The summed E-state index contributed by atoms with van der Waals surface area (Å²) in [6, 6.07) is 11.2. The van der Waals surface area contributed by atoms with Crippen molar-refractivity contribution in [2.45, 2.75) is 17.9 Å². The lowest BCUT2D eigenvalue weighted by Gasteiger charge is -2.14. The number of aliphatic hydroxyl groups is 1. The Morgan fingerprint density at radius 3 is 2.27 bits per heavy atom. The number of sulfonamides is 1. The summed E-state index contributed by atoms with van der Waals surface area (Å²) in [5.74, 6) is -0.723. The van der Waals surface area contributed by atoms with Gasteiger partial charge >= 0.3 is 11.6 Å². The molecule has 7 nitrogen and oxygen atoms in total. The summed E-state index contributed by atoms with van der Waals surface area (Å²) in [5.41, 5.74) is 0.896. The van der Waals surface area contributed by atoms with Crippen molar-refractivity contribution in [3.63, 3.8) is 0 Å². The first-order valence-electron chi connectivity index (χ1n) is 7.45. The Morgan fingerprint density at radius 1 is 1.19 bits per heavy atom. The van der Waals surface area contributed by atoms with Crippen LogP contribution < -0.4 is 4.72 Å². The molecule has 136 valence electrons. The first-order valence-corrected chi connectivity index (χ1v) is 9.31. The van der Waals surface area contributed by atoms with E-state index in [4.69, 9.17) is 11.6 Å². The summed E-state index contributed by atoms with van der Waals surface area (Å²) >= 11 is 5.87. The second-order valence-electron chi connectivity index (χ2n) is 5.41. The fourth-order valence-corrected chi connectivity index (χ4v) is 3.52. The van der Waals surface area contributed by atoms with Gasteiger partial charge in [-0.1, -0.05) is 41.4 Å². The minimum absolute atomic E-state index is 0.0243. The van der Waals surface area contributed by atoms with E-state index in [-0.39, 0.29) is 4.90 Å². The SMILES string of the molecule is CO/C(O)=C(\[N+]#N)C(NS(=O)(=O)c1ccc(C)cc1)c1ccc(Cl)cc1. The maximum atomic E-state index is 12.7. The van der Waals surface area contributed by atoms with E-state index < -0.39 is 27.7 Å². The van der Waals surface area contributed by atoms with Crippen molar-refractivity contribution in [1.82, 2.24) is 4.72 Å². The van der Waals surface area contributed by atoms with E-state index in [2.05, 4.69) is 14.4 Å². The number of nitrogens with one attached hydrogen (secondary N) is 1. The number of diazo groups is 1. The summed E-state index contributed by atoms with van der Waals surface area (Å²) in [6.07, 6.45) is 0. The average Bonchev–Trinajstić information content (AvgIpc) is 2.62. The van der Waals surface area contributed by atoms with E-state index in [0.29, 0.717) is 10.6 Å². The van der Waals surface area contributed by atoms with Crippen molar-refractivity contribution in [2.24, 2.45) is 0 Å². The lowest BCUT2D eigenvalue weighted by molar-refractivity contribution is 0.130. The molecule has 0 radical (unpaired) electrons. The molecule has 0 aliphatic heterocycles. The monoisotopic (exact) mass is 394 g/mol. The van der Waals surface area contributed by atoms with Gasteiger partial charge in [0.05, 0.1) is 12.0 Å². The van der Waals surface area contributed by atoms with Gasteiger partial charge in [-0.15, -0.1) is 0 Å². The number of aliphatic hydroxyl groups excluding tert-OH is 1. The minimum Gasteiger partial charge on any atom is -0.475 e. The molecule has 2 aromatic carbocycles.